The van der Waals surface area contributed by atoms with Gasteiger partial charge < -0.3 is 24.4 Å². The Kier molecular flexibility index (Phi) is 8.57. The van der Waals surface area contributed by atoms with Crippen LogP contribution in [0.3, 0.4) is 0 Å². The molecule has 12 heteroatoms. The van der Waals surface area contributed by atoms with Gasteiger partial charge in [-0.25, -0.2) is 14.8 Å². The lowest BCUT2D eigenvalue weighted by molar-refractivity contribution is -0.126. The average molecular weight is 598 g/mol. The first-order chi connectivity index (χ1) is 21.4. The van der Waals surface area contributed by atoms with Gasteiger partial charge in [0.15, 0.2) is 11.5 Å². The molecule has 1 saturated heterocycles. The van der Waals surface area contributed by atoms with Gasteiger partial charge in [-0.1, -0.05) is 50.2 Å². The summed E-state index contributed by atoms with van der Waals surface area (Å²) in [5.41, 5.74) is 2.59. The predicted octanol–water partition coefficient (Wildman–Crippen LogP) is 3.70. The van der Waals surface area contributed by atoms with Gasteiger partial charge >= 0.3 is 6.09 Å². The number of carbonyl (C=O) groups excluding carboxylic acids is 2. The molecule has 0 aliphatic carbocycles. The fourth-order valence-electron chi connectivity index (χ4n) is 5.13. The number of nitrogens with zero attached hydrogens (tertiary/aromatic N) is 6. The number of carbonyl (C=O) groups is 2. The normalized spacial score (nSPS) is 16.1. The third-order valence-corrected chi connectivity index (χ3v) is 7.57. The van der Waals surface area contributed by atoms with Gasteiger partial charge in [-0.3, -0.25) is 14.3 Å². The van der Waals surface area contributed by atoms with Crippen molar-refractivity contribution in [2.75, 3.05) is 37.7 Å². The van der Waals surface area contributed by atoms with Gasteiger partial charge in [0.2, 0.25) is 11.9 Å². The van der Waals surface area contributed by atoms with Crippen LogP contribution in [0.2, 0.25) is 0 Å². The molecule has 2 aromatic heterocycles. The molecule has 44 heavy (non-hydrogen) atoms. The Hall–Kier alpha value is -5.13. The van der Waals surface area contributed by atoms with Crippen molar-refractivity contribution in [2.24, 2.45) is 0 Å². The van der Waals surface area contributed by atoms with Gasteiger partial charge in [0.25, 0.3) is 0 Å². The van der Waals surface area contributed by atoms with Crippen molar-refractivity contribution < 1.29 is 23.8 Å². The van der Waals surface area contributed by atoms with Gasteiger partial charge in [0.05, 0.1) is 5.69 Å². The number of imidazole rings is 1. The zero-order valence-electron chi connectivity index (χ0n) is 24.8. The molecule has 1 fully saturated rings. The van der Waals surface area contributed by atoms with Crippen LogP contribution in [0.5, 0.6) is 11.5 Å². The second-order valence-electron chi connectivity index (χ2n) is 11.0. The topological polar surface area (TPSA) is 124 Å². The van der Waals surface area contributed by atoms with E-state index in [4.69, 9.17) is 24.2 Å². The number of ether oxygens (including phenoxy) is 3. The smallest absolute Gasteiger partial charge is 0.410 e. The third kappa shape index (κ3) is 6.59. The van der Waals surface area contributed by atoms with Gasteiger partial charge in [-0.2, -0.15) is 4.98 Å². The van der Waals surface area contributed by atoms with Crippen molar-refractivity contribution >= 4 is 17.8 Å². The van der Waals surface area contributed by atoms with E-state index in [2.05, 4.69) is 24.1 Å². The lowest BCUT2D eigenvalue weighted by Gasteiger charge is -2.40. The number of rotatable bonds is 8. The molecule has 6 rings (SSSR count). The number of benzene rings is 2. The number of hydrogen-bond acceptors (Lipinski definition) is 9. The number of nitrogens with one attached hydrogen (secondary N) is 1. The molecule has 1 atom stereocenters. The number of anilines is 1. The summed E-state index contributed by atoms with van der Waals surface area (Å²) in [5.74, 6) is 2.36. The summed E-state index contributed by atoms with van der Waals surface area (Å²) in [6, 6.07) is 16.2. The Labute approximate surface area is 255 Å². The van der Waals surface area contributed by atoms with Crippen LogP contribution in [-0.2, 0) is 22.7 Å². The van der Waals surface area contributed by atoms with E-state index in [-0.39, 0.29) is 38.1 Å². The fourth-order valence-corrected chi connectivity index (χ4v) is 5.13. The highest BCUT2D eigenvalue weighted by molar-refractivity contribution is 5.86. The van der Waals surface area contributed by atoms with Crippen LogP contribution in [0.1, 0.15) is 36.6 Å². The lowest BCUT2D eigenvalue weighted by atomic mass is 10.1. The van der Waals surface area contributed by atoms with E-state index in [1.165, 1.54) is 4.90 Å². The number of fused-ring (bicyclic) bond motifs is 1. The molecule has 0 spiro atoms. The molecule has 0 saturated carbocycles. The van der Waals surface area contributed by atoms with Crippen LogP contribution < -0.4 is 19.7 Å². The van der Waals surface area contributed by atoms with E-state index in [0.29, 0.717) is 43.0 Å². The SMILES string of the molecule is CC(C)c1cc(N2CCN(C(=O)OCc3ccccc3)C(C(=O)NCc3ccc4c(c3)OCCO4)C2)nc(-n2ccnc2)n1. The molecular weight excluding hydrogens is 562 g/mol. The Balaban J connectivity index is 1.22. The molecular formula is C32H35N7O5. The van der Waals surface area contributed by atoms with Crippen LogP contribution in [0, 0.1) is 0 Å². The Morgan fingerprint density at radius 3 is 2.59 bits per heavy atom. The second kappa shape index (κ2) is 13.0. The van der Waals surface area contributed by atoms with Crippen molar-refractivity contribution in [3.05, 3.63) is 90.1 Å². The Morgan fingerprint density at radius 2 is 1.82 bits per heavy atom. The quantitative estimate of drug-likeness (QED) is 0.324. The van der Waals surface area contributed by atoms with E-state index in [1.807, 2.05) is 59.5 Å². The van der Waals surface area contributed by atoms with Crippen molar-refractivity contribution in [3.8, 4) is 17.4 Å². The molecule has 2 aliphatic heterocycles. The first-order valence-corrected chi connectivity index (χ1v) is 14.7. The highest BCUT2D eigenvalue weighted by Crippen LogP contribution is 2.31. The minimum absolute atomic E-state index is 0.114. The molecule has 0 bridgehead atoms. The molecule has 2 aliphatic rings. The molecule has 12 nitrogen and oxygen atoms in total. The summed E-state index contributed by atoms with van der Waals surface area (Å²) in [7, 11) is 0. The predicted molar refractivity (Wildman–Crippen MR) is 162 cm³/mol. The maximum absolute atomic E-state index is 13.8. The summed E-state index contributed by atoms with van der Waals surface area (Å²) in [4.78, 5) is 44.3. The lowest BCUT2D eigenvalue weighted by Crippen LogP contribution is -2.61. The van der Waals surface area contributed by atoms with Crippen molar-refractivity contribution in [3.63, 3.8) is 0 Å². The molecule has 2 aromatic carbocycles. The molecule has 4 heterocycles. The maximum atomic E-state index is 13.8. The molecule has 2 amide bonds. The summed E-state index contributed by atoms with van der Waals surface area (Å²) in [6.07, 6.45) is 4.57. The largest absolute Gasteiger partial charge is 0.486 e. The van der Waals surface area contributed by atoms with Gasteiger partial charge in [-0.15, -0.1) is 0 Å². The van der Waals surface area contributed by atoms with Crippen LogP contribution in [0.25, 0.3) is 5.95 Å². The second-order valence-corrected chi connectivity index (χ2v) is 11.0. The van der Waals surface area contributed by atoms with Crippen LogP contribution in [0.15, 0.2) is 73.3 Å². The number of aromatic nitrogens is 4. The van der Waals surface area contributed by atoms with Crippen molar-refractivity contribution in [1.29, 1.82) is 0 Å². The van der Waals surface area contributed by atoms with Gasteiger partial charge in [-0.05, 0) is 29.2 Å². The third-order valence-electron chi connectivity index (χ3n) is 7.57. The van der Waals surface area contributed by atoms with Crippen molar-refractivity contribution in [1.82, 2.24) is 29.7 Å². The Bertz CT molecular complexity index is 1600. The molecule has 1 unspecified atom stereocenters. The van der Waals surface area contributed by atoms with E-state index in [1.54, 1.807) is 23.3 Å². The molecule has 0 radical (unpaired) electrons. The van der Waals surface area contributed by atoms with Crippen LogP contribution >= 0.6 is 0 Å². The highest BCUT2D eigenvalue weighted by atomic mass is 16.6. The Morgan fingerprint density at radius 1 is 1.00 bits per heavy atom. The number of hydrogen-bond donors (Lipinski definition) is 1. The highest BCUT2D eigenvalue weighted by Gasteiger charge is 2.37. The zero-order chi connectivity index (χ0) is 30.5. The number of amides is 2. The van der Waals surface area contributed by atoms with E-state index < -0.39 is 12.1 Å². The van der Waals surface area contributed by atoms with Gasteiger partial charge in [0, 0.05) is 44.6 Å². The first-order valence-electron chi connectivity index (χ1n) is 14.7. The minimum Gasteiger partial charge on any atom is -0.486 e. The summed E-state index contributed by atoms with van der Waals surface area (Å²) < 4.78 is 18.7. The van der Waals surface area contributed by atoms with E-state index in [0.717, 1.165) is 16.8 Å². The molecule has 228 valence electrons. The summed E-state index contributed by atoms with van der Waals surface area (Å²) in [5, 5.41) is 3.01. The van der Waals surface area contributed by atoms with Crippen LogP contribution in [0.4, 0.5) is 10.6 Å². The summed E-state index contributed by atoms with van der Waals surface area (Å²) >= 11 is 0. The van der Waals surface area contributed by atoms with E-state index in [9.17, 15) is 9.59 Å². The van der Waals surface area contributed by atoms with Crippen molar-refractivity contribution in [2.45, 2.75) is 39.0 Å². The first kappa shape index (κ1) is 29.0. The fraction of sp³-hybridized carbons (Fsp3) is 0.344. The summed E-state index contributed by atoms with van der Waals surface area (Å²) in [6.45, 7) is 6.46. The minimum atomic E-state index is -0.821. The van der Waals surface area contributed by atoms with E-state index >= 15 is 0 Å². The molecule has 1 N–H and O–H groups in total. The standard InChI is InChI=1S/C32H35N7O5/c1-22(2)25-17-29(36-31(35-25)38-11-10-33-21-38)37-12-13-39(32(41)44-20-23-6-4-3-5-7-23)26(19-37)30(40)34-18-24-8-9-27-28(16-24)43-15-14-42-27/h3-11,16-17,21-22,26H,12-15,18-20H2,1-2H3,(H,34,40). The average Bonchev–Trinajstić information content (AvgIpc) is 3.61. The molecule has 4 aromatic rings. The maximum Gasteiger partial charge on any atom is 0.410 e. The number of piperazine rings is 1. The zero-order valence-corrected chi connectivity index (χ0v) is 24.8. The van der Waals surface area contributed by atoms with Gasteiger partial charge in [0.1, 0.15) is 38.0 Å². The van der Waals surface area contributed by atoms with Crippen LogP contribution in [-0.4, -0.2) is 75.3 Å². The monoisotopic (exact) mass is 597 g/mol.